The Hall–Kier alpha value is -1.58. The summed E-state index contributed by atoms with van der Waals surface area (Å²) >= 11 is 1.39. The number of carbonyl (C=O) groups excluding carboxylic acids is 2. The van der Waals surface area contributed by atoms with E-state index in [1.54, 1.807) is 13.0 Å². The molecule has 7 nitrogen and oxygen atoms in total. The standard InChI is InChI=1S/C13H16N2O5S2/c1-8-12(16)14-10-7-9(3-4-11(10)21-8)13(17)15-22(18,19)6-5-20-2/h3-4,7-8H,5-6H2,1-2H3,(H,14,16)(H,15,17). The van der Waals surface area contributed by atoms with Crippen molar-refractivity contribution >= 4 is 39.3 Å². The number of rotatable bonds is 5. The fourth-order valence-corrected chi connectivity index (χ4v) is 3.61. The van der Waals surface area contributed by atoms with E-state index in [9.17, 15) is 18.0 Å². The fraction of sp³-hybridized carbons (Fsp3) is 0.385. The maximum Gasteiger partial charge on any atom is 0.264 e. The average molecular weight is 344 g/mol. The minimum absolute atomic E-state index is 0.00259. The zero-order valence-electron chi connectivity index (χ0n) is 12.1. The number of hydrogen-bond donors (Lipinski definition) is 2. The van der Waals surface area contributed by atoms with Gasteiger partial charge in [0.1, 0.15) is 0 Å². The van der Waals surface area contributed by atoms with Crippen molar-refractivity contribution in [2.45, 2.75) is 17.1 Å². The summed E-state index contributed by atoms with van der Waals surface area (Å²) in [4.78, 5) is 24.5. The number of sulfonamides is 1. The first-order chi connectivity index (χ1) is 10.3. The average Bonchev–Trinajstić information content (AvgIpc) is 2.45. The lowest BCUT2D eigenvalue weighted by atomic mass is 10.2. The Morgan fingerprint density at radius 1 is 1.45 bits per heavy atom. The van der Waals surface area contributed by atoms with Crippen LogP contribution in [-0.4, -0.2) is 45.0 Å². The van der Waals surface area contributed by atoms with Crippen LogP contribution in [0.15, 0.2) is 23.1 Å². The highest BCUT2D eigenvalue weighted by atomic mass is 32.2. The highest BCUT2D eigenvalue weighted by Crippen LogP contribution is 2.35. The van der Waals surface area contributed by atoms with E-state index < -0.39 is 15.9 Å². The molecule has 2 rings (SSSR count). The Kier molecular flexibility index (Phi) is 5.09. The third-order valence-corrected chi connectivity index (χ3v) is 5.36. The van der Waals surface area contributed by atoms with Gasteiger partial charge in [0.25, 0.3) is 5.91 Å². The van der Waals surface area contributed by atoms with Gasteiger partial charge in [0.05, 0.1) is 23.3 Å². The highest BCUT2D eigenvalue weighted by molar-refractivity contribution is 8.01. The second-order valence-corrected chi connectivity index (χ2v) is 7.93. The van der Waals surface area contributed by atoms with Crippen LogP contribution >= 0.6 is 11.8 Å². The summed E-state index contributed by atoms with van der Waals surface area (Å²) in [6.45, 7) is 1.78. The third-order valence-electron chi connectivity index (χ3n) is 2.98. The monoisotopic (exact) mass is 344 g/mol. The predicted molar refractivity (Wildman–Crippen MR) is 83.5 cm³/mol. The molecule has 0 radical (unpaired) electrons. The summed E-state index contributed by atoms with van der Waals surface area (Å²) in [5.41, 5.74) is 0.672. The topological polar surface area (TPSA) is 102 Å². The van der Waals surface area contributed by atoms with Gasteiger partial charge in [-0.1, -0.05) is 0 Å². The van der Waals surface area contributed by atoms with Gasteiger partial charge < -0.3 is 10.1 Å². The fourth-order valence-electron chi connectivity index (χ4n) is 1.79. The Morgan fingerprint density at radius 2 is 2.18 bits per heavy atom. The van der Waals surface area contributed by atoms with E-state index in [0.29, 0.717) is 5.69 Å². The van der Waals surface area contributed by atoms with Crippen LogP contribution in [0.25, 0.3) is 0 Å². The summed E-state index contributed by atoms with van der Waals surface area (Å²) in [5, 5.41) is 2.49. The lowest BCUT2D eigenvalue weighted by molar-refractivity contribution is -0.115. The van der Waals surface area contributed by atoms with Crippen LogP contribution in [0.5, 0.6) is 0 Å². The van der Waals surface area contributed by atoms with E-state index in [0.717, 1.165) is 4.90 Å². The zero-order chi connectivity index (χ0) is 16.3. The second-order valence-electron chi connectivity index (χ2n) is 4.70. The molecule has 0 fully saturated rings. The maximum absolute atomic E-state index is 12.0. The maximum atomic E-state index is 12.0. The molecule has 22 heavy (non-hydrogen) atoms. The molecule has 1 heterocycles. The van der Waals surface area contributed by atoms with E-state index in [1.807, 2.05) is 4.72 Å². The zero-order valence-corrected chi connectivity index (χ0v) is 13.7. The van der Waals surface area contributed by atoms with Crippen molar-refractivity contribution in [3.8, 4) is 0 Å². The number of anilines is 1. The SMILES string of the molecule is COCCS(=O)(=O)NC(=O)c1ccc2c(c1)NC(=O)C(C)S2. The van der Waals surface area contributed by atoms with E-state index >= 15 is 0 Å². The largest absolute Gasteiger partial charge is 0.384 e. The number of thioether (sulfide) groups is 1. The molecule has 1 aromatic rings. The first-order valence-corrected chi connectivity index (χ1v) is 9.01. The van der Waals surface area contributed by atoms with E-state index in [1.165, 1.54) is 31.0 Å². The van der Waals surface area contributed by atoms with Crippen molar-refractivity contribution in [2.24, 2.45) is 0 Å². The smallest absolute Gasteiger partial charge is 0.264 e. The number of methoxy groups -OCH3 is 1. The first-order valence-electron chi connectivity index (χ1n) is 6.48. The van der Waals surface area contributed by atoms with Crippen molar-refractivity contribution in [2.75, 3.05) is 24.8 Å². The second kappa shape index (κ2) is 6.67. The van der Waals surface area contributed by atoms with Gasteiger partial charge >= 0.3 is 0 Å². The number of amides is 2. The molecule has 9 heteroatoms. The summed E-state index contributed by atoms with van der Waals surface area (Å²) in [6, 6.07) is 4.68. The lowest BCUT2D eigenvalue weighted by Crippen LogP contribution is -2.34. The Bertz CT molecular complexity index is 702. The van der Waals surface area contributed by atoms with Crippen LogP contribution < -0.4 is 10.0 Å². The summed E-state index contributed by atoms with van der Waals surface area (Å²) in [7, 11) is -2.37. The molecule has 2 amide bonds. The molecule has 1 unspecified atom stereocenters. The number of hydrogen-bond acceptors (Lipinski definition) is 6. The van der Waals surface area contributed by atoms with Crippen molar-refractivity contribution in [1.29, 1.82) is 0 Å². The van der Waals surface area contributed by atoms with Crippen molar-refractivity contribution in [3.63, 3.8) is 0 Å². The van der Waals surface area contributed by atoms with Gasteiger partial charge in [-0.05, 0) is 25.1 Å². The molecule has 0 saturated heterocycles. The molecule has 0 aliphatic carbocycles. The Labute approximate surface area is 132 Å². The third kappa shape index (κ3) is 3.99. The number of carbonyl (C=O) groups is 2. The van der Waals surface area contributed by atoms with Gasteiger partial charge in [0.15, 0.2) is 0 Å². The lowest BCUT2D eigenvalue weighted by Gasteiger charge is -2.21. The van der Waals surface area contributed by atoms with Gasteiger partial charge in [-0.25, -0.2) is 13.1 Å². The molecule has 0 aromatic heterocycles. The van der Waals surface area contributed by atoms with Gasteiger partial charge in [-0.15, -0.1) is 11.8 Å². The van der Waals surface area contributed by atoms with Crippen LogP contribution in [0.1, 0.15) is 17.3 Å². The molecule has 1 aliphatic heterocycles. The minimum Gasteiger partial charge on any atom is -0.384 e. The molecule has 1 aliphatic rings. The molecule has 0 spiro atoms. The molecule has 0 saturated carbocycles. The highest BCUT2D eigenvalue weighted by Gasteiger charge is 2.24. The van der Waals surface area contributed by atoms with Crippen LogP contribution in [0.2, 0.25) is 0 Å². The summed E-state index contributed by atoms with van der Waals surface area (Å²) in [5.74, 6) is -1.19. The summed E-state index contributed by atoms with van der Waals surface area (Å²) < 4.78 is 30.0. The first kappa shape index (κ1) is 16.8. The number of benzene rings is 1. The predicted octanol–water partition coefficient (Wildman–Crippen LogP) is 0.825. The molecule has 0 bridgehead atoms. The van der Waals surface area contributed by atoms with E-state index in [2.05, 4.69) is 10.1 Å². The molecule has 1 aromatic carbocycles. The molecule has 2 N–H and O–H groups in total. The van der Waals surface area contributed by atoms with Gasteiger partial charge in [0.2, 0.25) is 15.9 Å². The number of fused-ring (bicyclic) bond motifs is 1. The molecular formula is C13H16N2O5S2. The van der Waals surface area contributed by atoms with Crippen LogP contribution in [0.4, 0.5) is 5.69 Å². The van der Waals surface area contributed by atoms with Gasteiger partial charge in [-0.3, -0.25) is 9.59 Å². The minimum atomic E-state index is -3.75. The van der Waals surface area contributed by atoms with E-state index in [-0.39, 0.29) is 29.1 Å². The molecule has 1 atom stereocenters. The Balaban J connectivity index is 2.15. The van der Waals surface area contributed by atoms with Crippen LogP contribution in [-0.2, 0) is 19.6 Å². The van der Waals surface area contributed by atoms with Crippen LogP contribution in [0.3, 0.4) is 0 Å². The van der Waals surface area contributed by atoms with Crippen molar-refractivity contribution in [1.82, 2.24) is 4.72 Å². The number of nitrogens with one attached hydrogen (secondary N) is 2. The van der Waals surface area contributed by atoms with E-state index in [4.69, 9.17) is 0 Å². The van der Waals surface area contributed by atoms with Crippen molar-refractivity contribution in [3.05, 3.63) is 23.8 Å². The Morgan fingerprint density at radius 3 is 2.86 bits per heavy atom. The van der Waals surface area contributed by atoms with Crippen LogP contribution in [0, 0.1) is 0 Å². The molecule has 120 valence electrons. The quantitative estimate of drug-likeness (QED) is 0.820. The van der Waals surface area contributed by atoms with Crippen molar-refractivity contribution < 1.29 is 22.7 Å². The normalized spacial score (nSPS) is 17.5. The molecular weight excluding hydrogens is 328 g/mol. The van der Waals surface area contributed by atoms with Gasteiger partial charge in [-0.2, -0.15) is 0 Å². The summed E-state index contributed by atoms with van der Waals surface area (Å²) in [6.07, 6.45) is 0. The number of ether oxygens (including phenoxy) is 1. The van der Waals surface area contributed by atoms with Gasteiger partial charge in [0, 0.05) is 17.6 Å².